The highest BCUT2D eigenvalue weighted by molar-refractivity contribution is 5.46. The number of rotatable bonds is 6. The minimum absolute atomic E-state index is 0.490. The molecule has 0 atom stereocenters. The van der Waals surface area contributed by atoms with Crippen LogP contribution in [0.2, 0.25) is 0 Å². The summed E-state index contributed by atoms with van der Waals surface area (Å²) in [6.07, 6.45) is 2.50. The molecule has 1 aromatic carbocycles. The molecule has 0 fully saturated rings. The second kappa shape index (κ2) is 6.75. The summed E-state index contributed by atoms with van der Waals surface area (Å²) in [7, 11) is 1.61. The highest BCUT2D eigenvalue weighted by Gasteiger charge is 2.03. The maximum absolute atomic E-state index is 5.87. The summed E-state index contributed by atoms with van der Waals surface area (Å²) in [5.41, 5.74) is 8.75. The normalized spacial score (nSPS) is 10.4. The minimum atomic E-state index is 0.490. The first kappa shape index (κ1) is 13.4. The van der Waals surface area contributed by atoms with E-state index in [0.29, 0.717) is 19.1 Å². The van der Waals surface area contributed by atoms with Gasteiger partial charge in [0, 0.05) is 17.4 Å². The van der Waals surface area contributed by atoms with Gasteiger partial charge in [0.15, 0.2) is 0 Å². The lowest BCUT2D eigenvalue weighted by atomic mass is 10.1. The number of hydrogen-bond donors (Lipinski definition) is 1. The van der Waals surface area contributed by atoms with Gasteiger partial charge >= 0.3 is 0 Å². The van der Waals surface area contributed by atoms with Crippen molar-refractivity contribution in [3.05, 3.63) is 53.7 Å². The third-order valence-corrected chi connectivity index (χ3v) is 2.87. The zero-order chi connectivity index (χ0) is 13.5. The fraction of sp³-hybridized carbons (Fsp3) is 0.267. The van der Waals surface area contributed by atoms with Crippen molar-refractivity contribution in [2.75, 3.05) is 19.5 Å². The number of ether oxygens (including phenoxy) is 2. The highest BCUT2D eigenvalue weighted by atomic mass is 16.5. The van der Waals surface area contributed by atoms with Gasteiger partial charge in [-0.1, -0.05) is 18.2 Å². The molecular formula is C15H18N2O2. The topological polar surface area (TPSA) is 57.4 Å². The molecule has 2 N–H and O–H groups in total. The van der Waals surface area contributed by atoms with Gasteiger partial charge in [-0.3, -0.25) is 0 Å². The molecule has 0 aliphatic carbocycles. The molecule has 0 spiro atoms. The van der Waals surface area contributed by atoms with Crippen LogP contribution < -0.4 is 10.5 Å². The van der Waals surface area contributed by atoms with E-state index in [-0.39, 0.29) is 0 Å². The third kappa shape index (κ3) is 3.69. The molecule has 2 aromatic rings. The SMILES string of the molecule is COc1ncccc1COCCc1ccccc1N. The van der Waals surface area contributed by atoms with Crippen molar-refractivity contribution in [2.24, 2.45) is 0 Å². The van der Waals surface area contributed by atoms with Crippen molar-refractivity contribution in [3.8, 4) is 5.88 Å². The van der Waals surface area contributed by atoms with Crippen LogP contribution in [0.3, 0.4) is 0 Å². The van der Waals surface area contributed by atoms with E-state index < -0.39 is 0 Å². The van der Waals surface area contributed by atoms with Crippen molar-refractivity contribution < 1.29 is 9.47 Å². The predicted octanol–water partition coefficient (Wildman–Crippen LogP) is 2.43. The second-order valence-corrected chi connectivity index (χ2v) is 4.17. The molecule has 19 heavy (non-hydrogen) atoms. The lowest BCUT2D eigenvalue weighted by Gasteiger charge is -2.08. The van der Waals surface area contributed by atoms with Crippen molar-refractivity contribution in [1.29, 1.82) is 0 Å². The smallest absolute Gasteiger partial charge is 0.218 e. The lowest BCUT2D eigenvalue weighted by Crippen LogP contribution is -2.03. The van der Waals surface area contributed by atoms with Gasteiger partial charge in [0.1, 0.15) is 0 Å². The third-order valence-electron chi connectivity index (χ3n) is 2.87. The molecule has 2 rings (SSSR count). The van der Waals surface area contributed by atoms with Gasteiger partial charge in [0.2, 0.25) is 5.88 Å². The Morgan fingerprint density at radius 3 is 2.68 bits per heavy atom. The van der Waals surface area contributed by atoms with E-state index >= 15 is 0 Å². The number of pyridine rings is 1. The van der Waals surface area contributed by atoms with Crippen LogP contribution >= 0.6 is 0 Å². The maximum Gasteiger partial charge on any atom is 0.218 e. The van der Waals surface area contributed by atoms with Crippen LogP contribution in [0.25, 0.3) is 0 Å². The van der Waals surface area contributed by atoms with Gasteiger partial charge < -0.3 is 15.2 Å². The molecule has 0 bridgehead atoms. The van der Waals surface area contributed by atoms with E-state index in [0.717, 1.165) is 23.2 Å². The second-order valence-electron chi connectivity index (χ2n) is 4.17. The molecule has 0 saturated heterocycles. The summed E-state index contributed by atoms with van der Waals surface area (Å²) < 4.78 is 10.8. The summed E-state index contributed by atoms with van der Waals surface area (Å²) in [5, 5.41) is 0. The molecule has 0 aliphatic heterocycles. The summed E-state index contributed by atoms with van der Waals surface area (Å²) in [6, 6.07) is 11.7. The van der Waals surface area contributed by atoms with Gasteiger partial charge in [-0.25, -0.2) is 4.98 Å². The molecule has 1 aromatic heterocycles. The first-order valence-corrected chi connectivity index (χ1v) is 6.20. The fourth-order valence-electron chi connectivity index (χ4n) is 1.84. The van der Waals surface area contributed by atoms with Crippen LogP contribution in [-0.4, -0.2) is 18.7 Å². The van der Waals surface area contributed by atoms with Crippen LogP contribution in [0, 0.1) is 0 Å². The standard InChI is InChI=1S/C15H18N2O2/c1-18-15-13(6-4-9-17-15)11-19-10-8-12-5-2-3-7-14(12)16/h2-7,9H,8,10-11,16H2,1H3. The number of benzene rings is 1. The zero-order valence-corrected chi connectivity index (χ0v) is 11.0. The molecule has 0 amide bonds. The molecule has 100 valence electrons. The predicted molar refractivity (Wildman–Crippen MR) is 75.0 cm³/mol. The van der Waals surface area contributed by atoms with Crippen LogP contribution in [0.4, 0.5) is 5.69 Å². The number of aromatic nitrogens is 1. The van der Waals surface area contributed by atoms with Crippen molar-refractivity contribution in [2.45, 2.75) is 13.0 Å². The molecular weight excluding hydrogens is 240 g/mol. The van der Waals surface area contributed by atoms with Crippen LogP contribution in [-0.2, 0) is 17.8 Å². The molecule has 4 heteroatoms. The lowest BCUT2D eigenvalue weighted by molar-refractivity contribution is 0.121. The largest absolute Gasteiger partial charge is 0.481 e. The number of methoxy groups -OCH3 is 1. The van der Waals surface area contributed by atoms with Gasteiger partial charge in [-0.15, -0.1) is 0 Å². The number of hydrogen-bond acceptors (Lipinski definition) is 4. The Balaban J connectivity index is 1.83. The van der Waals surface area contributed by atoms with Crippen LogP contribution in [0.15, 0.2) is 42.6 Å². The first-order chi connectivity index (χ1) is 9.31. The molecule has 0 aliphatic rings. The summed E-state index contributed by atoms with van der Waals surface area (Å²) in [6.45, 7) is 1.11. The zero-order valence-electron chi connectivity index (χ0n) is 11.0. The minimum Gasteiger partial charge on any atom is -0.481 e. The Morgan fingerprint density at radius 2 is 1.89 bits per heavy atom. The number of para-hydroxylation sites is 1. The van der Waals surface area contributed by atoms with E-state index in [1.165, 1.54) is 0 Å². The Kier molecular flexibility index (Phi) is 4.75. The number of nitrogen functional groups attached to an aromatic ring is 1. The number of anilines is 1. The Morgan fingerprint density at radius 1 is 1.11 bits per heavy atom. The fourth-order valence-corrected chi connectivity index (χ4v) is 1.84. The van der Waals surface area contributed by atoms with Crippen molar-refractivity contribution in [3.63, 3.8) is 0 Å². The van der Waals surface area contributed by atoms with Gasteiger partial charge in [0.25, 0.3) is 0 Å². The van der Waals surface area contributed by atoms with Crippen LogP contribution in [0.1, 0.15) is 11.1 Å². The molecule has 0 unspecified atom stereocenters. The van der Waals surface area contributed by atoms with Crippen molar-refractivity contribution in [1.82, 2.24) is 4.98 Å². The van der Waals surface area contributed by atoms with E-state index in [9.17, 15) is 0 Å². The van der Waals surface area contributed by atoms with E-state index in [1.807, 2.05) is 36.4 Å². The molecule has 4 nitrogen and oxygen atoms in total. The van der Waals surface area contributed by atoms with Gasteiger partial charge in [0.05, 0.1) is 20.3 Å². The first-order valence-electron chi connectivity index (χ1n) is 6.20. The van der Waals surface area contributed by atoms with Crippen molar-refractivity contribution >= 4 is 5.69 Å². The average molecular weight is 258 g/mol. The van der Waals surface area contributed by atoms with E-state index in [2.05, 4.69) is 4.98 Å². The van der Waals surface area contributed by atoms with Crippen LogP contribution in [0.5, 0.6) is 5.88 Å². The summed E-state index contributed by atoms with van der Waals surface area (Å²) in [5.74, 6) is 0.613. The molecule has 1 heterocycles. The average Bonchev–Trinajstić information content (AvgIpc) is 2.45. The molecule has 0 radical (unpaired) electrons. The van der Waals surface area contributed by atoms with Gasteiger partial charge in [-0.05, 0) is 30.2 Å². The summed E-state index contributed by atoms with van der Waals surface area (Å²) in [4.78, 5) is 4.13. The highest BCUT2D eigenvalue weighted by Crippen LogP contribution is 2.15. The maximum atomic E-state index is 5.87. The monoisotopic (exact) mass is 258 g/mol. The number of nitrogens with two attached hydrogens (primary N) is 1. The quantitative estimate of drug-likeness (QED) is 0.638. The Labute approximate surface area is 113 Å². The number of nitrogens with zero attached hydrogens (tertiary/aromatic N) is 1. The Bertz CT molecular complexity index is 529. The Hall–Kier alpha value is -2.07. The van der Waals surface area contributed by atoms with Gasteiger partial charge in [-0.2, -0.15) is 0 Å². The van der Waals surface area contributed by atoms with E-state index in [4.69, 9.17) is 15.2 Å². The molecule has 0 saturated carbocycles. The van der Waals surface area contributed by atoms with E-state index in [1.54, 1.807) is 13.3 Å². The summed E-state index contributed by atoms with van der Waals surface area (Å²) >= 11 is 0.